The van der Waals surface area contributed by atoms with Crippen molar-refractivity contribution >= 4 is 23.9 Å². The number of rotatable bonds is 6. The summed E-state index contributed by atoms with van der Waals surface area (Å²) in [6, 6.07) is -0.317. The third-order valence-corrected chi connectivity index (χ3v) is 5.90. The highest BCUT2D eigenvalue weighted by Gasteiger charge is 2.29. The highest BCUT2D eigenvalue weighted by molar-refractivity contribution is 5.88. The molecule has 2 heterocycles. The first kappa shape index (κ1) is 26.7. The number of carbonyl (C=O) groups excluding carboxylic acids is 4. The highest BCUT2D eigenvalue weighted by Crippen LogP contribution is 2.22. The minimum absolute atomic E-state index is 0.0929. The molecular formula is C24H39N3O6. The maximum absolute atomic E-state index is 12.7. The number of piperidine rings is 2. The van der Waals surface area contributed by atoms with Gasteiger partial charge in [0.1, 0.15) is 5.60 Å². The van der Waals surface area contributed by atoms with E-state index in [1.54, 1.807) is 22.8 Å². The Labute approximate surface area is 196 Å². The van der Waals surface area contributed by atoms with Crippen molar-refractivity contribution in [1.29, 1.82) is 0 Å². The Bertz CT molecular complexity index is 737. The molecule has 0 spiro atoms. The number of esters is 1. The molecule has 2 atom stereocenters. The number of carbonyl (C=O) groups is 4. The smallest absolute Gasteiger partial charge is 0.410 e. The van der Waals surface area contributed by atoms with E-state index in [-0.39, 0.29) is 48.2 Å². The highest BCUT2D eigenvalue weighted by atomic mass is 16.6. The second-order valence-electron chi connectivity index (χ2n) is 9.98. The number of hydrogen-bond donors (Lipinski definition) is 1. The maximum atomic E-state index is 12.7. The Morgan fingerprint density at radius 3 is 2.33 bits per heavy atom. The molecule has 2 rings (SSSR count). The predicted octanol–water partition coefficient (Wildman–Crippen LogP) is 2.50. The van der Waals surface area contributed by atoms with Crippen LogP contribution in [0.3, 0.4) is 0 Å². The second kappa shape index (κ2) is 12.0. The quantitative estimate of drug-likeness (QED) is 0.477. The van der Waals surface area contributed by atoms with Crippen LogP contribution >= 0.6 is 0 Å². The molecule has 9 heteroatoms. The Morgan fingerprint density at radius 2 is 1.73 bits per heavy atom. The van der Waals surface area contributed by atoms with Crippen LogP contribution in [-0.4, -0.2) is 78.6 Å². The molecule has 0 aromatic rings. The zero-order chi connectivity index (χ0) is 24.6. The van der Waals surface area contributed by atoms with Crippen LogP contribution in [0.25, 0.3) is 0 Å². The fourth-order valence-electron chi connectivity index (χ4n) is 4.06. The average Bonchev–Trinajstić information content (AvgIpc) is 2.76. The third-order valence-electron chi connectivity index (χ3n) is 5.90. The van der Waals surface area contributed by atoms with Crippen molar-refractivity contribution in [3.05, 3.63) is 12.2 Å². The molecule has 2 aliphatic heterocycles. The largest absolute Gasteiger partial charge is 0.469 e. The van der Waals surface area contributed by atoms with Gasteiger partial charge in [0.15, 0.2) is 0 Å². The normalized spacial score (nSPS) is 20.9. The molecule has 2 aliphatic rings. The molecule has 186 valence electrons. The number of likely N-dealkylation sites (tertiary alicyclic amines) is 2. The molecular weight excluding hydrogens is 426 g/mol. The first-order valence-corrected chi connectivity index (χ1v) is 11.8. The lowest BCUT2D eigenvalue weighted by Crippen LogP contribution is -2.47. The van der Waals surface area contributed by atoms with E-state index in [2.05, 4.69) is 10.1 Å². The minimum atomic E-state index is -0.511. The third kappa shape index (κ3) is 9.06. The van der Waals surface area contributed by atoms with Gasteiger partial charge >= 0.3 is 12.1 Å². The fraction of sp³-hybridized carbons (Fsp3) is 0.750. The monoisotopic (exact) mass is 465 g/mol. The molecule has 0 aromatic heterocycles. The van der Waals surface area contributed by atoms with Gasteiger partial charge in [-0.3, -0.25) is 14.4 Å². The molecule has 1 N–H and O–H groups in total. The molecule has 33 heavy (non-hydrogen) atoms. The van der Waals surface area contributed by atoms with Gasteiger partial charge in [-0.25, -0.2) is 4.79 Å². The van der Waals surface area contributed by atoms with Crippen LogP contribution in [0, 0.1) is 11.8 Å². The molecule has 0 saturated carbocycles. The molecule has 0 bridgehead atoms. The van der Waals surface area contributed by atoms with Crippen molar-refractivity contribution in [2.45, 2.75) is 71.4 Å². The van der Waals surface area contributed by atoms with Crippen molar-refractivity contribution in [2.24, 2.45) is 11.8 Å². The van der Waals surface area contributed by atoms with Gasteiger partial charge in [-0.15, -0.1) is 0 Å². The number of ether oxygens (including phenoxy) is 2. The summed E-state index contributed by atoms with van der Waals surface area (Å²) in [7, 11) is 1.32. The summed E-state index contributed by atoms with van der Waals surface area (Å²) in [4.78, 5) is 52.3. The summed E-state index contributed by atoms with van der Waals surface area (Å²) in [5.74, 6) is -0.652. The van der Waals surface area contributed by atoms with Crippen molar-refractivity contribution in [3.8, 4) is 0 Å². The molecule has 2 saturated heterocycles. The topological polar surface area (TPSA) is 105 Å². The van der Waals surface area contributed by atoms with E-state index in [1.807, 2.05) is 26.8 Å². The zero-order valence-electron chi connectivity index (χ0n) is 20.6. The van der Waals surface area contributed by atoms with Crippen molar-refractivity contribution in [2.75, 3.05) is 33.3 Å². The number of allylic oxidation sites excluding steroid dienone is 1. The first-order valence-electron chi connectivity index (χ1n) is 11.8. The van der Waals surface area contributed by atoms with Crippen molar-refractivity contribution in [3.63, 3.8) is 0 Å². The molecule has 0 aliphatic carbocycles. The number of nitrogens with zero attached hydrogens (tertiary/aromatic N) is 2. The van der Waals surface area contributed by atoms with Crippen LogP contribution in [0.4, 0.5) is 4.79 Å². The lowest BCUT2D eigenvalue weighted by atomic mass is 9.95. The van der Waals surface area contributed by atoms with Gasteiger partial charge in [0.05, 0.1) is 19.4 Å². The van der Waals surface area contributed by atoms with Crippen molar-refractivity contribution < 1.29 is 28.7 Å². The van der Waals surface area contributed by atoms with Crippen LogP contribution < -0.4 is 5.32 Å². The van der Waals surface area contributed by atoms with E-state index >= 15 is 0 Å². The SMILES string of the molecule is COC(=O)C[C@@H](C)NC(=O)[C@@H]1CCCN(C(=O)/C=C/C2CCN(C(=O)OC(C)(C)C)CC2)C1. The summed E-state index contributed by atoms with van der Waals surface area (Å²) in [5, 5.41) is 2.85. The molecule has 0 aromatic carbocycles. The van der Waals surface area contributed by atoms with Crippen LogP contribution in [0.1, 0.15) is 59.8 Å². The van der Waals surface area contributed by atoms with Gasteiger partial charge in [0, 0.05) is 32.2 Å². The summed E-state index contributed by atoms with van der Waals surface area (Å²) in [6.07, 6.45) is 6.40. The summed E-state index contributed by atoms with van der Waals surface area (Å²) in [6.45, 7) is 9.52. The Morgan fingerprint density at radius 1 is 1.06 bits per heavy atom. The standard InChI is InChI=1S/C24H39N3O6/c1-17(15-21(29)32-5)25-22(30)19-7-6-12-27(16-19)20(28)9-8-18-10-13-26(14-11-18)23(31)33-24(2,3)4/h8-9,17-19H,6-7,10-16H2,1-5H3,(H,25,30)/b9-8+/t17-,19-/m1/s1. The lowest BCUT2D eigenvalue weighted by molar-refractivity contribution is -0.141. The van der Waals surface area contributed by atoms with Crippen LogP contribution in [0.2, 0.25) is 0 Å². The van der Waals surface area contributed by atoms with E-state index in [4.69, 9.17) is 4.74 Å². The van der Waals surface area contributed by atoms with Gasteiger partial charge in [0.2, 0.25) is 11.8 Å². The molecule has 0 radical (unpaired) electrons. The van der Waals surface area contributed by atoms with Gasteiger partial charge in [-0.2, -0.15) is 0 Å². The lowest BCUT2D eigenvalue weighted by Gasteiger charge is -2.33. The Kier molecular flexibility index (Phi) is 9.73. The number of hydrogen-bond acceptors (Lipinski definition) is 6. The summed E-state index contributed by atoms with van der Waals surface area (Å²) >= 11 is 0. The van der Waals surface area contributed by atoms with E-state index in [0.717, 1.165) is 19.3 Å². The fourth-order valence-corrected chi connectivity index (χ4v) is 4.06. The van der Waals surface area contributed by atoms with Gasteiger partial charge in [-0.1, -0.05) is 6.08 Å². The average molecular weight is 466 g/mol. The van der Waals surface area contributed by atoms with E-state index in [0.29, 0.717) is 32.6 Å². The minimum Gasteiger partial charge on any atom is -0.469 e. The second-order valence-corrected chi connectivity index (χ2v) is 9.98. The zero-order valence-corrected chi connectivity index (χ0v) is 20.6. The number of methoxy groups -OCH3 is 1. The van der Waals surface area contributed by atoms with E-state index < -0.39 is 5.60 Å². The van der Waals surface area contributed by atoms with Crippen molar-refractivity contribution in [1.82, 2.24) is 15.1 Å². The Hall–Kier alpha value is -2.58. The van der Waals surface area contributed by atoms with Crippen LogP contribution in [0.15, 0.2) is 12.2 Å². The molecule has 2 fully saturated rings. The first-order chi connectivity index (χ1) is 15.5. The predicted molar refractivity (Wildman–Crippen MR) is 123 cm³/mol. The van der Waals surface area contributed by atoms with E-state index in [1.165, 1.54) is 7.11 Å². The Balaban J connectivity index is 1.79. The molecule has 9 nitrogen and oxygen atoms in total. The summed E-state index contributed by atoms with van der Waals surface area (Å²) in [5.41, 5.74) is -0.511. The van der Waals surface area contributed by atoms with Crippen LogP contribution in [0.5, 0.6) is 0 Å². The van der Waals surface area contributed by atoms with Gasteiger partial charge in [-0.05, 0) is 65.4 Å². The van der Waals surface area contributed by atoms with Gasteiger partial charge < -0.3 is 24.6 Å². The van der Waals surface area contributed by atoms with E-state index in [9.17, 15) is 19.2 Å². The van der Waals surface area contributed by atoms with Crippen LogP contribution in [-0.2, 0) is 23.9 Å². The maximum Gasteiger partial charge on any atom is 0.410 e. The summed E-state index contributed by atoms with van der Waals surface area (Å²) < 4.78 is 10.1. The number of amides is 3. The molecule has 0 unspecified atom stereocenters. The number of nitrogens with one attached hydrogen (secondary N) is 1. The molecule has 3 amide bonds. The van der Waals surface area contributed by atoms with Gasteiger partial charge in [0.25, 0.3) is 0 Å².